The topological polar surface area (TPSA) is 26.3 Å². The van der Waals surface area contributed by atoms with Crippen molar-refractivity contribution in [2.24, 2.45) is 35.0 Å². The quantitative estimate of drug-likeness (QED) is 0.416. The Morgan fingerprint density at radius 2 is 2.00 bits per heavy atom. The number of rotatable bonds is 2. The first-order valence-corrected chi connectivity index (χ1v) is 9.97. The number of allylic oxidation sites excluding steroid dienone is 1. The molecule has 3 saturated carbocycles. The standard InChI is InChI=1S/C22H30O2/c1-3-21(24-15(2)23)22-13-6-9-20(22)19-11-10-16-7-4-5-8-17(16)18(19)12-14-22/h1,6,13,16-21H,4-5,7-12,14H2,2H3/t16?,17-,18+,19+,20-,21?,22+/m0/s1. The maximum Gasteiger partial charge on any atom is 0.303 e. The Hall–Kier alpha value is -1.23. The van der Waals surface area contributed by atoms with E-state index in [1.807, 2.05) is 0 Å². The lowest BCUT2D eigenvalue weighted by atomic mass is 9.49. The van der Waals surface area contributed by atoms with Crippen LogP contribution >= 0.6 is 0 Å². The number of carbonyl (C=O) groups is 1. The maximum atomic E-state index is 11.6. The molecule has 2 unspecified atom stereocenters. The Balaban J connectivity index is 1.60. The number of terminal acetylenes is 1. The molecule has 4 aliphatic rings. The second-order valence-electron chi connectivity index (χ2n) is 8.67. The molecule has 0 amide bonds. The van der Waals surface area contributed by atoms with E-state index in [2.05, 4.69) is 18.1 Å². The molecule has 0 N–H and O–H groups in total. The van der Waals surface area contributed by atoms with Gasteiger partial charge in [0.2, 0.25) is 0 Å². The smallest absolute Gasteiger partial charge is 0.303 e. The molecular formula is C22H30O2. The van der Waals surface area contributed by atoms with Crippen LogP contribution in [0.2, 0.25) is 0 Å². The van der Waals surface area contributed by atoms with Crippen LogP contribution in [0, 0.1) is 47.3 Å². The summed E-state index contributed by atoms with van der Waals surface area (Å²) in [6.45, 7) is 1.48. The minimum atomic E-state index is -0.385. The van der Waals surface area contributed by atoms with E-state index in [9.17, 15) is 4.79 Å². The van der Waals surface area contributed by atoms with E-state index in [0.29, 0.717) is 5.92 Å². The number of hydrogen-bond donors (Lipinski definition) is 0. The number of carbonyl (C=O) groups excluding carboxylic acids is 1. The Labute approximate surface area is 146 Å². The van der Waals surface area contributed by atoms with Crippen molar-refractivity contribution in [1.82, 2.24) is 0 Å². The summed E-state index contributed by atoms with van der Waals surface area (Å²) in [7, 11) is 0. The Morgan fingerprint density at radius 1 is 1.17 bits per heavy atom. The number of hydrogen-bond acceptors (Lipinski definition) is 2. The van der Waals surface area contributed by atoms with E-state index >= 15 is 0 Å². The number of fused-ring (bicyclic) bond motifs is 5. The van der Waals surface area contributed by atoms with Crippen molar-refractivity contribution in [3.63, 3.8) is 0 Å². The largest absolute Gasteiger partial charge is 0.448 e. The molecular weight excluding hydrogens is 296 g/mol. The number of ether oxygens (including phenoxy) is 1. The van der Waals surface area contributed by atoms with Crippen LogP contribution in [0.25, 0.3) is 0 Å². The van der Waals surface area contributed by atoms with Gasteiger partial charge in [0, 0.05) is 12.3 Å². The highest BCUT2D eigenvalue weighted by molar-refractivity contribution is 5.66. The fraction of sp³-hybridized carbons (Fsp3) is 0.773. The predicted octanol–water partition coefficient (Wildman–Crippen LogP) is 4.74. The molecule has 0 aromatic rings. The molecule has 0 radical (unpaired) electrons. The summed E-state index contributed by atoms with van der Waals surface area (Å²) < 4.78 is 5.60. The van der Waals surface area contributed by atoms with Crippen LogP contribution in [0.15, 0.2) is 12.2 Å². The van der Waals surface area contributed by atoms with E-state index < -0.39 is 0 Å². The van der Waals surface area contributed by atoms with E-state index in [-0.39, 0.29) is 17.5 Å². The second-order valence-corrected chi connectivity index (χ2v) is 8.67. The molecule has 2 nitrogen and oxygen atoms in total. The summed E-state index contributed by atoms with van der Waals surface area (Å²) in [5.74, 6) is 6.76. The molecule has 0 aromatic heterocycles. The number of esters is 1. The van der Waals surface area contributed by atoms with Gasteiger partial charge in [-0.15, -0.1) is 6.42 Å². The minimum absolute atomic E-state index is 0.0942. The highest BCUT2D eigenvalue weighted by Gasteiger charge is 2.57. The first-order valence-electron chi connectivity index (χ1n) is 9.97. The normalized spacial score (nSPS) is 44.6. The van der Waals surface area contributed by atoms with Crippen LogP contribution in [0.5, 0.6) is 0 Å². The van der Waals surface area contributed by atoms with Crippen LogP contribution < -0.4 is 0 Å². The molecule has 130 valence electrons. The molecule has 0 spiro atoms. The Kier molecular flexibility index (Phi) is 4.23. The zero-order chi connectivity index (χ0) is 16.7. The van der Waals surface area contributed by atoms with Crippen molar-refractivity contribution in [3.8, 4) is 12.3 Å². The van der Waals surface area contributed by atoms with E-state index in [0.717, 1.165) is 36.5 Å². The third-order valence-electron chi connectivity index (χ3n) is 7.80. The Bertz CT molecular complexity index is 571. The molecule has 0 heterocycles. The van der Waals surface area contributed by atoms with Crippen molar-refractivity contribution >= 4 is 5.97 Å². The summed E-state index contributed by atoms with van der Waals surface area (Å²) in [5.41, 5.74) is -0.0942. The van der Waals surface area contributed by atoms with Crippen molar-refractivity contribution < 1.29 is 9.53 Å². The average Bonchev–Trinajstić information content (AvgIpc) is 3.04. The summed E-state index contributed by atoms with van der Waals surface area (Å²) >= 11 is 0. The third kappa shape index (κ3) is 2.43. The second kappa shape index (κ2) is 6.25. The SMILES string of the molecule is C#CC(OC(C)=O)[C@@]12C=CC[C@H]1[C@@H]1CCC3CCCC[C@@H]3[C@H]1CC2. The van der Waals surface area contributed by atoms with Gasteiger partial charge in [-0.05, 0) is 68.1 Å². The molecule has 7 atom stereocenters. The van der Waals surface area contributed by atoms with Crippen molar-refractivity contribution in [1.29, 1.82) is 0 Å². The van der Waals surface area contributed by atoms with Gasteiger partial charge in [0.1, 0.15) is 0 Å². The molecule has 0 aromatic carbocycles. The zero-order valence-corrected chi connectivity index (χ0v) is 14.9. The van der Waals surface area contributed by atoms with Crippen molar-refractivity contribution in [2.45, 2.75) is 70.8 Å². The third-order valence-corrected chi connectivity index (χ3v) is 7.80. The summed E-state index contributed by atoms with van der Waals surface area (Å²) in [6.07, 6.45) is 22.1. The van der Waals surface area contributed by atoms with E-state index in [4.69, 9.17) is 11.2 Å². The highest BCUT2D eigenvalue weighted by atomic mass is 16.5. The fourth-order valence-corrected chi connectivity index (χ4v) is 6.94. The van der Waals surface area contributed by atoms with E-state index in [1.165, 1.54) is 51.9 Å². The van der Waals surface area contributed by atoms with Gasteiger partial charge in [-0.1, -0.05) is 37.3 Å². The fourth-order valence-electron chi connectivity index (χ4n) is 6.94. The molecule has 3 fully saturated rings. The molecule has 0 saturated heterocycles. The van der Waals surface area contributed by atoms with Crippen LogP contribution in [-0.4, -0.2) is 12.1 Å². The molecule has 4 rings (SSSR count). The average molecular weight is 326 g/mol. The monoisotopic (exact) mass is 326 g/mol. The Morgan fingerprint density at radius 3 is 2.79 bits per heavy atom. The van der Waals surface area contributed by atoms with Crippen LogP contribution in [0.3, 0.4) is 0 Å². The first-order chi connectivity index (χ1) is 11.7. The van der Waals surface area contributed by atoms with Gasteiger partial charge in [0.15, 0.2) is 6.10 Å². The highest BCUT2D eigenvalue weighted by Crippen LogP contribution is 2.62. The lowest BCUT2D eigenvalue weighted by Gasteiger charge is -2.56. The molecule has 24 heavy (non-hydrogen) atoms. The van der Waals surface area contributed by atoms with Gasteiger partial charge in [0.25, 0.3) is 0 Å². The van der Waals surface area contributed by atoms with Gasteiger partial charge in [0.05, 0.1) is 0 Å². The van der Waals surface area contributed by atoms with Gasteiger partial charge < -0.3 is 4.74 Å². The molecule has 4 aliphatic carbocycles. The molecule has 0 aliphatic heterocycles. The van der Waals surface area contributed by atoms with Crippen LogP contribution in [-0.2, 0) is 9.53 Å². The van der Waals surface area contributed by atoms with Crippen molar-refractivity contribution in [3.05, 3.63) is 12.2 Å². The summed E-state index contributed by atoms with van der Waals surface area (Å²) in [4.78, 5) is 11.6. The van der Waals surface area contributed by atoms with Gasteiger partial charge in [-0.25, -0.2) is 0 Å². The lowest BCUT2D eigenvalue weighted by Crippen LogP contribution is -2.52. The summed E-state index contributed by atoms with van der Waals surface area (Å²) in [6, 6.07) is 0. The van der Waals surface area contributed by atoms with Gasteiger partial charge >= 0.3 is 5.97 Å². The summed E-state index contributed by atoms with van der Waals surface area (Å²) in [5, 5.41) is 0. The minimum Gasteiger partial charge on any atom is -0.448 e. The maximum absolute atomic E-state index is 11.6. The molecule has 0 bridgehead atoms. The first kappa shape index (κ1) is 16.2. The predicted molar refractivity (Wildman–Crippen MR) is 95.0 cm³/mol. The molecule has 2 heteroatoms. The van der Waals surface area contributed by atoms with Crippen LogP contribution in [0.1, 0.15) is 64.7 Å². The van der Waals surface area contributed by atoms with Gasteiger partial charge in [-0.2, -0.15) is 0 Å². The lowest BCUT2D eigenvalue weighted by molar-refractivity contribution is -0.154. The zero-order valence-electron chi connectivity index (χ0n) is 14.9. The van der Waals surface area contributed by atoms with Gasteiger partial charge in [-0.3, -0.25) is 4.79 Å². The van der Waals surface area contributed by atoms with Crippen molar-refractivity contribution in [2.75, 3.05) is 0 Å². The van der Waals surface area contributed by atoms with Crippen LogP contribution in [0.4, 0.5) is 0 Å². The van der Waals surface area contributed by atoms with E-state index in [1.54, 1.807) is 0 Å².